The molecule has 0 fully saturated rings. The molecule has 0 atom stereocenters. The Morgan fingerprint density at radius 1 is 1.28 bits per heavy atom. The van der Waals surface area contributed by atoms with Gasteiger partial charge in [0, 0.05) is 19.2 Å². The molecule has 3 rings (SSSR count). The van der Waals surface area contributed by atoms with Crippen molar-refractivity contribution in [2.75, 3.05) is 11.4 Å². The Hall–Kier alpha value is -2.09. The van der Waals surface area contributed by atoms with Crippen molar-refractivity contribution in [3.8, 4) is 11.1 Å². The fraction of sp³-hybridized carbons (Fsp3) is 0.188. The molecule has 0 bridgehead atoms. The molecule has 89 valence electrons. The van der Waals surface area contributed by atoms with E-state index in [-0.39, 0.29) is 5.91 Å². The summed E-state index contributed by atoms with van der Waals surface area (Å²) in [5, 5.41) is 0. The second-order valence-corrected chi connectivity index (χ2v) is 4.54. The van der Waals surface area contributed by atoms with Gasteiger partial charge < -0.3 is 4.90 Å². The van der Waals surface area contributed by atoms with E-state index < -0.39 is 0 Å². The lowest BCUT2D eigenvalue weighted by atomic mass is 10.0. The third-order valence-electron chi connectivity index (χ3n) is 3.38. The van der Waals surface area contributed by atoms with E-state index in [1.165, 1.54) is 11.1 Å². The van der Waals surface area contributed by atoms with Crippen LogP contribution >= 0.6 is 0 Å². The maximum atomic E-state index is 11.5. The Morgan fingerprint density at radius 2 is 2.17 bits per heavy atom. The van der Waals surface area contributed by atoms with Gasteiger partial charge in [-0.2, -0.15) is 0 Å². The molecule has 2 heteroatoms. The van der Waals surface area contributed by atoms with Crippen LogP contribution in [0.1, 0.15) is 12.5 Å². The molecular weight excluding hydrogens is 222 g/mol. The van der Waals surface area contributed by atoms with Crippen molar-refractivity contribution in [3.05, 3.63) is 54.1 Å². The highest BCUT2D eigenvalue weighted by Gasteiger charge is 2.22. The highest BCUT2D eigenvalue weighted by molar-refractivity contribution is 5.94. The zero-order valence-electron chi connectivity index (χ0n) is 10.3. The average Bonchev–Trinajstić information content (AvgIpc) is 2.82. The van der Waals surface area contributed by atoms with Crippen molar-refractivity contribution in [2.24, 2.45) is 0 Å². The van der Waals surface area contributed by atoms with E-state index in [9.17, 15) is 4.79 Å². The molecule has 1 radical (unpaired) electrons. The number of hydrogen-bond donors (Lipinski definition) is 0. The molecule has 0 saturated heterocycles. The minimum absolute atomic E-state index is 0.118. The fourth-order valence-electron chi connectivity index (χ4n) is 2.47. The van der Waals surface area contributed by atoms with Gasteiger partial charge in [-0.1, -0.05) is 30.3 Å². The molecule has 1 amide bonds. The normalized spacial score (nSPS) is 13.5. The molecule has 0 N–H and O–H groups in total. The molecule has 0 aliphatic carbocycles. The number of amides is 1. The largest absolute Gasteiger partial charge is 0.312 e. The Morgan fingerprint density at radius 3 is 2.89 bits per heavy atom. The van der Waals surface area contributed by atoms with Crippen LogP contribution in [0.5, 0.6) is 0 Å². The van der Waals surface area contributed by atoms with Gasteiger partial charge in [0.15, 0.2) is 0 Å². The van der Waals surface area contributed by atoms with Crippen LogP contribution in [0.25, 0.3) is 11.1 Å². The minimum atomic E-state index is 0.118. The summed E-state index contributed by atoms with van der Waals surface area (Å²) < 4.78 is 0. The van der Waals surface area contributed by atoms with Gasteiger partial charge in [0.25, 0.3) is 0 Å². The van der Waals surface area contributed by atoms with Gasteiger partial charge in [-0.15, -0.1) is 0 Å². The van der Waals surface area contributed by atoms with Gasteiger partial charge in [0.2, 0.25) is 5.91 Å². The van der Waals surface area contributed by atoms with Crippen LogP contribution in [0.4, 0.5) is 5.69 Å². The number of anilines is 1. The maximum absolute atomic E-state index is 11.5. The fourth-order valence-corrected chi connectivity index (χ4v) is 2.47. The Kier molecular flexibility index (Phi) is 2.63. The highest BCUT2D eigenvalue weighted by atomic mass is 16.2. The van der Waals surface area contributed by atoms with Crippen LogP contribution in [0.3, 0.4) is 0 Å². The van der Waals surface area contributed by atoms with E-state index >= 15 is 0 Å². The van der Waals surface area contributed by atoms with Crippen LogP contribution in [0, 0.1) is 6.07 Å². The molecule has 2 aromatic carbocycles. The number of carbonyl (C=O) groups excluding carboxylic acids is 1. The Bertz CT molecular complexity index is 589. The third-order valence-corrected chi connectivity index (χ3v) is 3.38. The average molecular weight is 236 g/mol. The van der Waals surface area contributed by atoms with Crippen LogP contribution < -0.4 is 4.90 Å². The van der Waals surface area contributed by atoms with Crippen LogP contribution in [0.15, 0.2) is 42.5 Å². The molecule has 0 saturated carbocycles. The van der Waals surface area contributed by atoms with Crippen molar-refractivity contribution in [1.29, 1.82) is 0 Å². The van der Waals surface area contributed by atoms with Gasteiger partial charge in [-0.05, 0) is 41.3 Å². The Balaban J connectivity index is 2.01. The quantitative estimate of drug-likeness (QED) is 0.745. The van der Waals surface area contributed by atoms with Crippen LogP contribution in [-0.4, -0.2) is 12.5 Å². The van der Waals surface area contributed by atoms with Crippen molar-refractivity contribution >= 4 is 11.6 Å². The zero-order chi connectivity index (χ0) is 12.5. The molecule has 1 heterocycles. The van der Waals surface area contributed by atoms with Crippen molar-refractivity contribution in [3.63, 3.8) is 0 Å². The van der Waals surface area contributed by atoms with Crippen molar-refractivity contribution in [2.45, 2.75) is 13.3 Å². The molecular formula is C16H14NO. The molecule has 2 nitrogen and oxygen atoms in total. The number of fused-ring (bicyclic) bond motifs is 1. The summed E-state index contributed by atoms with van der Waals surface area (Å²) in [6.45, 7) is 2.42. The second-order valence-electron chi connectivity index (χ2n) is 4.54. The van der Waals surface area contributed by atoms with E-state index in [4.69, 9.17) is 0 Å². The lowest BCUT2D eigenvalue weighted by Gasteiger charge is -2.14. The maximum Gasteiger partial charge on any atom is 0.223 e. The SMILES string of the molecule is CC(=O)N1CCc2cc(-c3[c]cccc3)ccc21. The van der Waals surface area contributed by atoms with Gasteiger partial charge in [-0.25, -0.2) is 0 Å². The first-order valence-corrected chi connectivity index (χ1v) is 6.14. The molecule has 0 aromatic heterocycles. The van der Waals surface area contributed by atoms with Crippen molar-refractivity contribution < 1.29 is 4.79 Å². The molecule has 2 aromatic rings. The first-order valence-electron chi connectivity index (χ1n) is 6.14. The zero-order valence-corrected chi connectivity index (χ0v) is 10.3. The van der Waals surface area contributed by atoms with Gasteiger partial charge in [-0.3, -0.25) is 4.79 Å². The lowest BCUT2D eigenvalue weighted by molar-refractivity contribution is -0.116. The standard InChI is InChI=1S/C16H14NO/c1-12(18)17-10-9-15-11-14(7-8-16(15)17)13-5-3-2-4-6-13/h2-5,7-8,11H,9-10H2,1H3. The first kappa shape index (κ1) is 11.0. The summed E-state index contributed by atoms with van der Waals surface area (Å²) in [4.78, 5) is 13.3. The van der Waals surface area contributed by atoms with Crippen LogP contribution in [0.2, 0.25) is 0 Å². The minimum Gasteiger partial charge on any atom is -0.312 e. The van der Waals surface area contributed by atoms with Gasteiger partial charge >= 0.3 is 0 Å². The second kappa shape index (κ2) is 4.30. The first-order chi connectivity index (χ1) is 8.75. The Labute approximate surface area is 107 Å². The number of rotatable bonds is 1. The smallest absolute Gasteiger partial charge is 0.223 e. The number of nitrogens with zero attached hydrogens (tertiary/aromatic N) is 1. The predicted molar refractivity (Wildman–Crippen MR) is 72.4 cm³/mol. The van der Waals surface area contributed by atoms with Gasteiger partial charge in [0.1, 0.15) is 0 Å². The monoisotopic (exact) mass is 236 g/mol. The predicted octanol–water partition coefficient (Wildman–Crippen LogP) is 3.06. The molecule has 1 aliphatic heterocycles. The van der Waals surface area contributed by atoms with E-state index in [0.29, 0.717) is 0 Å². The topological polar surface area (TPSA) is 20.3 Å². The third kappa shape index (κ3) is 1.80. The summed E-state index contributed by atoms with van der Waals surface area (Å²) >= 11 is 0. The molecule has 0 spiro atoms. The van der Waals surface area contributed by atoms with Crippen molar-refractivity contribution in [1.82, 2.24) is 0 Å². The highest BCUT2D eigenvalue weighted by Crippen LogP contribution is 2.32. The number of benzene rings is 2. The van der Waals surface area contributed by atoms with E-state index in [0.717, 1.165) is 24.2 Å². The molecule has 0 unspecified atom stereocenters. The van der Waals surface area contributed by atoms with Crippen LogP contribution in [-0.2, 0) is 11.2 Å². The summed E-state index contributed by atoms with van der Waals surface area (Å²) in [6, 6.07) is 17.5. The van der Waals surface area contributed by atoms with E-state index in [1.807, 2.05) is 29.2 Å². The van der Waals surface area contributed by atoms with E-state index in [2.05, 4.69) is 24.3 Å². The number of hydrogen-bond acceptors (Lipinski definition) is 1. The van der Waals surface area contributed by atoms with Gasteiger partial charge in [0.05, 0.1) is 0 Å². The summed E-state index contributed by atoms with van der Waals surface area (Å²) in [6.07, 6.45) is 0.940. The molecule has 18 heavy (non-hydrogen) atoms. The lowest BCUT2D eigenvalue weighted by Crippen LogP contribution is -2.25. The summed E-state index contributed by atoms with van der Waals surface area (Å²) in [5.74, 6) is 0.118. The number of carbonyl (C=O) groups is 1. The van der Waals surface area contributed by atoms with E-state index in [1.54, 1.807) is 6.92 Å². The molecule has 1 aliphatic rings. The summed E-state index contributed by atoms with van der Waals surface area (Å²) in [7, 11) is 0. The summed E-state index contributed by atoms with van der Waals surface area (Å²) in [5.41, 5.74) is 4.57.